The van der Waals surface area contributed by atoms with E-state index in [1.807, 2.05) is 51.1 Å². The van der Waals surface area contributed by atoms with E-state index in [4.69, 9.17) is 14.2 Å². The lowest BCUT2D eigenvalue weighted by Gasteiger charge is -2.23. The zero-order valence-corrected chi connectivity index (χ0v) is 21.5. The Bertz CT molecular complexity index is 1290. The minimum Gasteiger partial charge on any atom is -0.444 e. The predicted octanol–water partition coefficient (Wildman–Crippen LogP) is 6.53. The summed E-state index contributed by atoms with van der Waals surface area (Å²) in [5.74, 6) is 0.538. The summed E-state index contributed by atoms with van der Waals surface area (Å²) in [7, 11) is 0. The van der Waals surface area contributed by atoms with E-state index >= 15 is 0 Å². The Morgan fingerprint density at radius 2 is 1.71 bits per heavy atom. The summed E-state index contributed by atoms with van der Waals surface area (Å²) in [5.41, 5.74) is 0.753. The molecule has 0 saturated heterocycles. The first kappa shape index (κ1) is 26.6. The number of nitrogens with zero attached hydrogens (tertiary/aromatic N) is 3. The van der Waals surface area contributed by atoms with Crippen LogP contribution in [-0.2, 0) is 16.9 Å². The van der Waals surface area contributed by atoms with Crippen LogP contribution < -0.4 is 14.8 Å². The number of ether oxygens (including phenoxy) is 3. The molecule has 0 bridgehead atoms. The molecule has 2 aromatic carbocycles. The minimum absolute atomic E-state index is 0.0118. The molecule has 0 radical (unpaired) electrons. The van der Waals surface area contributed by atoms with Gasteiger partial charge in [0.05, 0.1) is 16.0 Å². The molecule has 1 saturated carbocycles. The van der Waals surface area contributed by atoms with Gasteiger partial charge in [0.1, 0.15) is 18.2 Å². The zero-order valence-electron chi connectivity index (χ0n) is 21.5. The van der Waals surface area contributed by atoms with Crippen LogP contribution in [0, 0.1) is 10.1 Å². The number of carbonyl (C=O) groups is 2. The highest BCUT2D eigenvalue weighted by Gasteiger charge is 2.34. The van der Waals surface area contributed by atoms with E-state index in [9.17, 15) is 19.7 Å². The smallest absolute Gasteiger partial charge is 0.444 e. The Labute approximate surface area is 219 Å². The molecule has 200 valence electrons. The standard InChI is InChI=1S/C27H30N4O7/c1-27(2,3)30-23(28-25(32)36-17-18-9-5-4-6-10-18)22(19-11-7-8-12-19)24(29-30)38-26(33)37-21-15-13-20(14-16-21)31(34)35/h4-6,9-10,13-16,19H,7-8,11-12,17H2,1-3H3,(H,28,32). The summed E-state index contributed by atoms with van der Waals surface area (Å²) < 4.78 is 17.8. The van der Waals surface area contributed by atoms with Gasteiger partial charge in [0.25, 0.3) is 11.6 Å². The Hall–Kier alpha value is -4.41. The molecule has 38 heavy (non-hydrogen) atoms. The highest BCUT2D eigenvalue weighted by Crippen LogP contribution is 2.44. The van der Waals surface area contributed by atoms with Crippen molar-refractivity contribution in [2.24, 2.45) is 0 Å². The van der Waals surface area contributed by atoms with Gasteiger partial charge in [-0.2, -0.15) is 0 Å². The van der Waals surface area contributed by atoms with E-state index in [1.54, 1.807) is 4.68 Å². The van der Waals surface area contributed by atoms with Gasteiger partial charge in [0.2, 0.25) is 0 Å². The number of carbonyl (C=O) groups excluding carboxylic acids is 2. The first-order valence-electron chi connectivity index (χ1n) is 12.4. The molecule has 0 aliphatic heterocycles. The number of benzene rings is 2. The maximum Gasteiger partial charge on any atom is 0.520 e. The Morgan fingerprint density at radius 1 is 1.05 bits per heavy atom. The number of amides is 1. The summed E-state index contributed by atoms with van der Waals surface area (Å²) in [6.07, 6.45) is 1.98. The maximum atomic E-state index is 12.8. The van der Waals surface area contributed by atoms with E-state index in [-0.39, 0.29) is 29.8 Å². The van der Waals surface area contributed by atoms with E-state index in [0.29, 0.717) is 11.4 Å². The molecule has 1 aromatic heterocycles. The van der Waals surface area contributed by atoms with E-state index in [0.717, 1.165) is 31.2 Å². The summed E-state index contributed by atoms with van der Waals surface area (Å²) in [4.78, 5) is 35.8. The molecule has 1 aliphatic carbocycles. The largest absolute Gasteiger partial charge is 0.520 e. The highest BCUT2D eigenvalue weighted by atomic mass is 16.7. The van der Waals surface area contributed by atoms with Crippen molar-refractivity contribution in [2.45, 2.75) is 64.5 Å². The summed E-state index contributed by atoms with van der Waals surface area (Å²) in [6, 6.07) is 14.4. The molecule has 4 rings (SSSR count). The fraction of sp³-hybridized carbons (Fsp3) is 0.370. The molecule has 1 amide bonds. The molecule has 11 heteroatoms. The van der Waals surface area contributed by atoms with Crippen LogP contribution in [0.3, 0.4) is 0 Å². The number of nitro benzene ring substituents is 1. The SMILES string of the molecule is CC(C)(C)n1nc(OC(=O)Oc2ccc([N+](=O)[O-])cc2)c(C2CCCC2)c1NC(=O)OCc1ccccc1. The van der Waals surface area contributed by atoms with Crippen molar-refractivity contribution >= 4 is 23.8 Å². The molecule has 3 aromatic rings. The van der Waals surface area contributed by atoms with Crippen LogP contribution in [0.25, 0.3) is 0 Å². The van der Waals surface area contributed by atoms with E-state index in [1.165, 1.54) is 24.3 Å². The van der Waals surface area contributed by atoms with Crippen molar-refractivity contribution < 1.29 is 28.7 Å². The Morgan fingerprint density at radius 3 is 2.32 bits per heavy atom. The summed E-state index contributed by atoms with van der Waals surface area (Å²) in [6.45, 7) is 5.84. The molecule has 1 N–H and O–H groups in total. The molecule has 1 aliphatic rings. The van der Waals surface area contributed by atoms with Crippen LogP contribution in [0.2, 0.25) is 0 Å². The van der Waals surface area contributed by atoms with Crippen LogP contribution >= 0.6 is 0 Å². The lowest BCUT2D eigenvalue weighted by atomic mass is 9.99. The van der Waals surface area contributed by atoms with Crippen molar-refractivity contribution in [3.63, 3.8) is 0 Å². The summed E-state index contributed by atoms with van der Waals surface area (Å²) >= 11 is 0. The monoisotopic (exact) mass is 522 g/mol. The molecule has 1 fully saturated rings. The third kappa shape index (κ3) is 6.47. The number of rotatable bonds is 7. The number of aromatic nitrogens is 2. The molecular formula is C27H30N4O7. The zero-order chi connectivity index (χ0) is 27.3. The topological polar surface area (TPSA) is 135 Å². The van der Waals surface area contributed by atoms with Gasteiger partial charge in [-0.05, 0) is 57.2 Å². The van der Waals surface area contributed by atoms with Crippen molar-refractivity contribution in [2.75, 3.05) is 5.32 Å². The summed E-state index contributed by atoms with van der Waals surface area (Å²) in [5, 5.41) is 18.3. The second kappa shape index (κ2) is 11.3. The van der Waals surface area contributed by atoms with Crippen LogP contribution in [0.1, 0.15) is 63.5 Å². The number of non-ortho nitro benzene ring substituents is 1. The van der Waals surface area contributed by atoms with Gasteiger partial charge >= 0.3 is 12.2 Å². The number of nitrogens with one attached hydrogen (secondary N) is 1. The van der Waals surface area contributed by atoms with Crippen LogP contribution in [0.4, 0.5) is 21.1 Å². The van der Waals surface area contributed by atoms with Gasteiger partial charge in [-0.1, -0.05) is 43.2 Å². The maximum absolute atomic E-state index is 12.8. The predicted molar refractivity (Wildman–Crippen MR) is 138 cm³/mol. The van der Waals surface area contributed by atoms with Gasteiger partial charge < -0.3 is 14.2 Å². The van der Waals surface area contributed by atoms with Crippen LogP contribution in [0.5, 0.6) is 11.6 Å². The lowest BCUT2D eigenvalue weighted by Crippen LogP contribution is -2.27. The number of nitro groups is 1. The fourth-order valence-electron chi connectivity index (χ4n) is 4.36. The quantitative estimate of drug-likeness (QED) is 0.160. The van der Waals surface area contributed by atoms with Crippen molar-refractivity contribution in [3.05, 3.63) is 75.8 Å². The molecule has 11 nitrogen and oxygen atoms in total. The van der Waals surface area contributed by atoms with Gasteiger partial charge in [0, 0.05) is 12.1 Å². The van der Waals surface area contributed by atoms with Crippen LogP contribution in [-0.4, -0.2) is 27.0 Å². The van der Waals surface area contributed by atoms with Gasteiger partial charge in [-0.3, -0.25) is 15.4 Å². The van der Waals surface area contributed by atoms with Crippen molar-refractivity contribution in [3.8, 4) is 11.6 Å². The number of hydrogen-bond donors (Lipinski definition) is 1. The average molecular weight is 523 g/mol. The van der Waals surface area contributed by atoms with E-state index < -0.39 is 22.7 Å². The van der Waals surface area contributed by atoms with Gasteiger partial charge in [0.15, 0.2) is 0 Å². The minimum atomic E-state index is -1.05. The van der Waals surface area contributed by atoms with Crippen molar-refractivity contribution in [1.82, 2.24) is 9.78 Å². The highest BCUT2D eigenvalue weighted by molar-refractivity contribution is 5.85. The second-order valence-electron chi connectivity index (χ2n) is 10.0. The fourth-order valence-corrected chi connectivity index (χ4v) is 4.36. The molecule has 0 atom stereocenters. The first-order valence-corrected chi connectivity index (χ1v) is 12.4. The second-order valence-corrected chi connectivity index (χ2v) is 10.0. The third-order valence-corrected chi connectivity index (χ3v) is 6.15. The normalized spacial score (nSPS) is 13.7. The third-order valence-electron chi connectivity index (χ3n) is 6.15. The van der Waals surface area contributed by atoms with Crippen LogP contribution in [0.15, 0.2) is 54.6 Å². The average Bonchev–Trinajstić information content (AvgIpc) is 3.51. The Kier molecular flexibility index (Phi) is 7.94. The van der Waals surface area contributed by atoms with Crippen molar-refractivity contribution in [1.29, 1.82) is 0 Å². The van der Waals surface area contributed by atoms with Gasteiger partial charge in [-0.15, -0.1) is 5.10 Å². The first-order chi connectivity index (χ1) is 18.1. The molecule has 0 spiro atoms. The lowest BCUT2D eigenvalue weighted by molar-refractivity contribution is -0.384. The van der Waals surface area contributed by atoms with E-state index in [2.05, 4.69) is 10.4 Å². The molecule has 0 unspecified atom stereocenters. The molecular weight excluding hydrogens is 492 g/mol. The molecule has 1 heterocycles. The number of anilines is 1. The van der Waals surface area contributed by atoms with Gasteiger partial charge in [-0.25, -0.2) is 14.3 Å². The Balaban J connectivity index is 1.58. The number of hydrogen-bond acceptors (Lipinski definition) is 8.